The van der Waals surface area contributed by atoms with Crippen molar-refractivity contribution >= 4 is 17.2 Å². The highest BCUT2D eigenvalue weighted by Gasteiger charge is 2.32. The number of likely N-dealkylation sites (tertiary alicyclic amines) is 1. The number of amides is 2. The van der Waals surface area contributed by atoms with Crippen LogP contribution in [-0.4, -0.2) is 44.1 Å². The summed E-state index contributed by atoms with van der Waals surface area (Å²) in [5.74, 6) is 0.465. The third-order valence-corrected chi connectivity index (χ3v) is 4.85. The van der Waals surface area contributed by atoms with Crippen molar-refractivity contribution in [2.24, 2.45) is 0 Å². The van der Waals surface area contributed by atoms with Crippen LogP contribution in [0, 0.1) is 5.82 Å². The Morgan fingerprint density at radius 1 is 1.21 bits per heavy atom. The molecular formula is C21H24FN5O. The van der Waals surface area contributed by atoms with Crippen molar-refractivity contribution in [3.8, 4) is 11.4 Å². The van der Waals surface area contributed by atoms with Gasteiger partial charge in [0.15, 0.2) is 5.65 Å². The fraction of sp³-hybridized carbons (Fsp3) is 0.381. The van der Waals surface area contributed by atoms with Gasteiger partial charge < -0.3 is 14.8 Å². The van der Waals surface area contributed by atoms with Gasteiger partial charge in [0.05, 0.1) is 6.04 Å². The molecule has 1 N–H and O–H groups in total. The van der Waals surface area contributed by atoms with Gasteiger partial charge in [0.25, 0.3) is 0 Å². The molecule has 0 bridgehead atoms. The standard InChI is InChI=1S/C21H24FN5O/c1-21(2,3)25-20(28)26-12-10-16(13-26)27-18(14-6-8-15(22)9-7-14)24-17-5-4-11-23-19(17)27/h4-9,11,16H,10,12-13H2,1-3H3,(H,25,28)/t16-/m0/s1. The molecule has 0 unspecified atom stereocenters. The number of carbonyl (C=O) groups excluding carboxylic acids is 1. The predicted molar refractivity (Wildman–Crippen MR) is 106 cm³/mol. The number of nitrogens with one attached hydrogen (secondary N) is 1. The maximum Gasteiger partial charge on any atom is 0.317 e. The first-order valence-electron chi connectivity index (χ1n) is 9.48. The van der Waals surface area contributed by atoms with E-state index < -0.39 is 0 Å². The van der Waals surface area contributed by atoms with Gasteiger partial charge >= 0.3 is 6.03 Å². The Hall–Kier alpha value is -2.96. The molecule has 146 valence electrons. The van der Waals surface area contributed by atoms with Crippen molar-refractivity contribution in [3.63, 3.8) is 0 Å². The van der Waals surface area contributed by atoms with Gasteiger partial charge in [-0.2, -0.15) is 0 Å². The minimum absolute atomic E-state index is 0.0595. The van der Waals surface area contributed by atoms with E-state index >= 15 is 0 Å². The number of pyridine rings is 1. The topological polar surface area (TPSA) is 63.1 Å². The Morgan fingerprint density at radius 2 is 1.96 bits per heavy atom. The molecule has 1 atom stereocenters. The summed E-state index contributed by atoms with van der Waals surface area (Å²) in [4.78, 5) is 23.7. The third kappa shape index (κ3) is 3.56. The maximum atomic E-state index is 13.4. The summed E-state index contributed by atoms with van der Waals surface area (Å²) in [6, 6.07) is 10.1. The van der Waals surface area contributed by atoms with Crippen LogP contribution >= 0.6 is 0 Å². The van der Waals surface area contributed by atoms with Crippen molar-refractivity contribution in [2.45, 2.75) is 38.8 Å². The van der Waals surface area contributed by atoms with Crippen LogP contribution in [0.3, 0.4) is 0 Å². The first-order chi connectivity index (χ1) is 13.3. The molecule has 0 spiro atoms. The Balaban J connectivity index is 1.69. The van der Waals surface area contributed by atoms with Gasteiger partial charge in [0.2, 0.25) is 0 Å². The van der Waals surface area contributed by atoms with Crippen LogP contribution in [-0.2, 0) is 0 Å². The quantitative estimate of drug-likeness (QED) is 0.730. The Labute approximate surface area is 163 Å². The zero-order valence-electron chi connectivity index (χ0n) is 16.3. The largest absolute Gasteiger partial charge is 0.333 e. The second kappa shape index (κ2) is 6.89. The van der Waals surface area contributed by atoms with Crippen LogP contribution < -0.4 is 5.32 Å². The molecule has 1 aliphatic heterocycles. The highest BCUT2D eigenvalue weighted by Crippen LogP contribution is 2.32. The van der Waals surface area contributed by atoms with Gasteiger partial charge in [-0.3, -0.25) is 0 Å². The first kappa shape index (κ1) is 18.4. The SMILES string of the molecule is CC(C)(C)NC(=O)N1CC[C@H](n2c(-c3ccc(F)cc3)nc3cccnc32)C1. The van der Waals surface area contributed by atoms with E-state index in [-0.39, 0.29) is 23.4 Å². The smallest absolute Gasteiger partial charge is 0.317 e. The number of carbonyl (C=O) groups is 1. The minimum atomic E-state index is -0.282. The zero-order valence-corrected chi connectivity index (χ0v) is 16.3. The van der Waals surface area contributed by atoms with Gasteiger partial charge in [-0.25, -0.2) is 19.2 Å². The molecule has 0 saturated carbocycles. The summed E-state index contributed by atoms with van der Waals surface area (Å²) in [7, 11) is 0. The molecule has 1 saturated heterocycles. The number of hydrogen-bond donors (Lipinski definition) is 1. The number of aromatic nitrogens is 3. The zero-order chi connectivity index (χ0) is 19.9. The summed E-state index contributed by atoms with van der Waals surface area (Å²) in [6.45, 7) is 7.16. The van der Waals surface area contributed by atoms with Gasteiger partial charge in [0.1, 0.15) is 17.2 Å². The van der Waals surface area contributed by atoms with Gasteiger partial charge in [-0.1, -0.05) is 0 Å². The third-order valence-electron chi connectivity index (χ3n) is 4.85. The number of rotatable bonds is 2. The highest BCUT2D eigenvalue weighted by molar-refractivity contribution is 5.78. The van der Waals surface area contributed by atoms with E-state index in [1.807, 2.05) is 37.8 Å². The highest BCUT2D eigenvalue weighted by atomic mass is 19.1. The molecule has 1 fully saturated rings. The first-order valence-corrected chi connectivity index (χ1v) is 9.48. The van der Waals surface area contributed by atoms with Crippen molar-refractivity contribution in [2.75, 3.05) is 13.1 Å². The van der Waals surface area contributed by atoms with E-state index in [0.29, 0.717) is 13.1 Å². The van der Waals surface area contributed by atoms with Crippen molar-refractivity contribution < 1.29 is 9.18 Å². The molecule has 2 aromatic heterocycles. The molecule has 28 heavy (non-hydrogen) atoms. The van der Waals surface area contributed by atoms with Crippen molar-refractivity contribution in [1.29, 1.82) is 0 Å². The molecule has 1 aromatic carbocycles. The van der Waals surface area contributed by atoms with Crippen LogP contribution in [0.2, 0.25) is 0 Å². The molecule has 1 aliphatic rings. The van der Waals surface area contributed by atoms with Crippen LogP contribution in [0.15, 0.2) is 42.6 Å². The van der Waals surface area contributed by atoms with E-state index in [4.69, 9.17) is 4.98 Å². The molecule has 0 radical (unpaired) electrons. The lowest BCUT2D eigenvalue weighted by Gasteiger charge is -2.25. The maximum absolute atomic E-state index is 13.4. The molecular weight excluding hydrogens is 357 g/mol. The molecule has 2 amide bonds. The summed E-state index contributed by atoms with van der Waals surface area (Å²) in [5.41, 5.74) is 2.12. The summed E-state index contributed by atoms with van der Waals surface area (Å²) in [6.07, 6.45) is 2.56. The second-order valence-corrected chi connectivity index (χ2v) is 8.23. The fourth-order valence-corrected chi connectivity index (χ4v) is 3.61. The molecule has 6 nitrogen and oxygen atoms in total. The lowest BCUT2D eigenvalue weighted by molar-refractivity contribution is 0.198. The minimum Gasteiger partial charge on any atom is -0.333 e. The van der Waals surface area contributed by atoms with E-state index in [9.17, 15) is 9.18 Å². The summed E-state index contributed by atoms with van der Waals surface area (Å²) >= 11 is 0. The number of imidazole rings is 1. The van der Waals surface area contributed by atoms with Crippen LogP contribution in [0.4, 0.5) is 9.18 Å². The number of halogens is 1. The number of hydrogen-bond acceptors (Lipinski definition) is 3. The molecule has 7 heteroatoms. The van der Waals surface area contributed by atoms with Crippen molar-refractivity contribution in [1.82, 2.24) is 24.8 Å². The molecule has 3 heterocycles. The van der Waals surface area contributed by atoms with E-state index in [2.05, 4.69) is 14.9 Å². The summed E-state index contributed by atoms with van der Waals surface area (Å²) in [5, 5.41) is 3.02. The average Bonchev–Trinajstić information content (AvgIpc) is 3.25. The molecule has 0 aliphatic carbocycles. The second-order valence-electron chi connectivity index (χ2n) is 8.23. The lowest BCUT2D eigenvalue weighted by Crippen LogP contribution is -2.47. The number of fused-ring (bicyclic) bond motifs is 1. The Kier molecular flexibility index (Phi) is 4.53. The van der Waals surface area contributed by atoms with Crippen LogP contribution in [0.1, 0.15) is 33.2 Å². The number of nitrogens with zero attached hydrogens (tertiary/aromatic N) is 4. The molecule has 4 rings (SSSR count). The number of urea groups is 1. The lowest BCUT2D eigenvalue weighted by atomic mass is 10.1. The summed E-state index contributed by atoms with van der Waals surface area (Å²) < 4.78 is 15.5. The average molecular weight is 381 g/mol. The van der Waals surface area contributed by atoms with E-state index in [1.54, 1.807) is 18.3 Å². The molecule has 3 aromatic rings. The van der Waals surface area contributed by atoms with Crippen LogP contribution in [0.5, 0.6) is 0 Å². The number of benzene rings is 1. The van der Waals surface area contributed by atoms with Gasteiger partial charge in [-0.05, 0) is 63.6 Å². The van der Waals surface area contributed by atoms with Gasteiger partial charge in [-0.15, -0.1) is 0 Å². The van der Waals surface area contributed by atoms with E-state index in [0.717, 1.165) is 29.0 Å². The fourth-order valence-electron chi connectivity index (χ4n) is 3.61. The monoisotopic (exact) mass is 381 g/mol. The van der Waals surface area contributed by atoms with E-state index in [1.165, 1.54) is 12.1 Å². The van der Waals surface area contributed by atoms with Gasteiger partial charge in [0, 0.05) is 30.4 Å². The van der Waals surface area contributed by atoms with Crippen LogP contribution in [0.25, 0.3) is 22.6 Å². The Bertz CT molecular complexity index is 1010. The van der Waals surface area contributed by atoms with Crippen molar-refractivity contribution in [3.05, 3.63) is 48.4 Å². The Morgan fingerprint density at radius 3 is 2.68 bits per heavy atom. The predicted octanol–water partition coefficient (Wildman–Crippen LogP) is 3.99. The normalized spacial score (nSPS) is 17.3.